The first-order valence-electron chi connectivity index (χ1n) is 6.17. The molecule has 3 rings (SSSR count). The second kappa shape index (κ2) is 4.40. The van der Waals surface area contributed by atoms with Crippen LogP contribution in [-0.4, -0.2) is 14.9 Å². The van der Waals surface area contributed by atoms with Crippen molar-refractivity contribution in [1.29, 1.82) is 0 Å². The van der Waals surface area contributed by atoms with E-state index < -0.39 is 0 Å². The van der Waals surface area contributed by atoms with Gasteiger partial charge in [-0.1, -0.05) is 24.3 Å². The average Bonchev–Trinajstić information content (AvgIpc) is 2.76. The summed E-state index contributed by atoms with van der Waals surface area (Å²) in [5.41, 5.74) is 10.1. The van der Waals surface area contributed by atoms with Crippen molar-refractivity contribution < 1.29 is 5.21 Å². The Balaban J connectivity index is 2.21. The summed E-state index contributed by atoms with van der Waals surface area (Å²) in [4.78, 5) is 4.47. The molecule has 1 heterocycles. The van der Waals surface area contributed by atoms with E-state index in [0.29, 0.717) is 17.9 Å². The molecule has 3 N–H and O–H groups in total. The highest BCUT2D eigenvalue weighted by Crippen LogP contribution is 2.24. The first-order chi connectivity index (χ1) is 9.19. The normalized spacial score (nSPS) is 11.1. The maximum atomic E-state index is 10.3. The molecular weight excluding hydrogens is 238 g/mol. The minimum Gasteiger partial charge on any atom is -0.426 e. The fourth-order valence-electron chi connectivity index (χ4n) is 2.20. The molecule has 0 aliphatic carbocycles. The van der Waals surface area contributed by atoms with E-state index in [1.807, 2.05) is 49.4 Å². The van der Waals surface area contributed by atoms with Gasteiger partial charge in [0.1, 0.15) is 5.52 Å². The number of imidazole rings is 1. The third-order valence-corrected chi connectivity index (χ3v) is 3.21. The molecule has 0 radical (unpaired) electrons. The molecule has 3 aromatic rings. The second-order valence-electron chi connectivity index (χ2n) is 4.64. The lowest BCUT2D eigenvalue weighted by molar-refractivity contribution is 0.203. The minimum absolute atomic E-state index is 0.471. The molecule has 1 aromatic heterocycles. The summed E-state index contributed by atoms with van der Waals surface area (Å²) in [6.07, 6.45) is 0. The summed E-state index contributed by atoms with van der Waals surface area (Å²) in [6.45, 7) is 2.46. The Morgan fingerprint density at radius 2 is 2.05 bits per heavy atom. The molecule has 0 spiro atoms. The highest BCUT2D eigenvalue weighted by Gasteiger charge is 2.12. The summed E-state index contributed by atoms with van der Waals surface area (Å²) in [5.74, 6) is 0.538. The van der Waals surface area contributed by atoms with E-state index in [2.05, 4.69) is 4.98 Å². The third kappa shape index (κ3) is 1.96. The van der Waals surface area contributed by atoms with Gasteiger partial charge in [-0.3, -0.25) is 0 Å². The molecule has 0 bridgehead atoms. The minimum atomic E-state index is 0.471. The fraction of sp³-hybridized carbons (Fsp3) is 0.133. The van der Waals surface area contributed by atoms with Crippen molar-refractivity contribution in [2.24, 2.45) is 5.73 Å². The number of hydrogen-bond donors (Lipinski definition) is 2. The van der Waals surface area contributed by atoms with Gasteiger partial charge in [0.25, 0.3) is 0 Å². The highest BCUT2D eigenvalue weighted by atomic mass is 16.5. The smallest absolute Gasteiger partial charge is 0.176 e. The van der Waals surface area contributed by atoms with Gasteiger partial charge in [-0.15, -0.1) is 0 Å². The van der Waals surface area contributed by atoms with Gasteiger partial charge in [0.2, 0.25) is 0 Å². The lowest BCUT2D eigenvalue weighted by atomic mass is 10.1. The van der Waals surface area contributed by atoms with Gasteiger partial charge in [0.15, 0.2) is 5.82 Å². The number of nitrogens with zero attached hydrogens (tertiary/aromatic N) is 2. The summed E-state index contributed by atoms with van der Waals surface area (Å²) in [5, 5.41) is 10.3. The molecule has 0 fully saturated rings. The first kappa shape index (κ1) is 11.7. The van der Waals surface area contributed by atoms with E-state index in [9.17, 15) is 5.21 Å². The Kier molecular flexibility index (Phi) is 2.72. The van der Waals surface area contributed by atoms with Crippen LogP contribution >= 0.6 is 0 Å². The van der Waals surface area contributed by atoms with E-state index in [-0.39, 0.29) is 0 Å². The van der Waals surface area contributed by atoms with Crippen molar-refractivity contribution in [3.63, 3.8) is 0 Å². The van der Waals surface area contributed by atoms with Crippen LogP contribution < -0.4 is 5.73 Å². The zero-order valence-corrected chi connectivity index (χ0v) is 10.7. The van der Waals surface area contributed by atoms with Crippen LogP contribution in [0.2, 0.25) is 0 Å². The van der Waals surface area contributed by atoms with Gasteiger partial charge >= 0.3 is 0 Å². The predicted octanol–water partition coefficient (Wildman–Crippen LogP) is 2.71. The van der Waals surface area contributed by atoms with Crippen LogP contribution in [0.25, 0.3) is 22.4 Å². The van der Waals surface area contributed by atoms with E-state index in [1.54, 1.807) is 0 Å². The number of aryl methyl sites for hydroxylation is 1. The lowest BCUT2D eigenvalue weighted by Gasteiger charge is -2.03. The Labute approximate surface area is 111 Å². The molecule has 4 heteroatoms. The van der Waals surface area contributed by atoms with Gasteiger partial charge in [-0.2, -0.15) is 4.73 Å². The van der Waals surface area contributed by atoms with Crippen molar-refractivity contribution in [1.82, 2.24) is 9.71 Å². The molecule has 0 unspecified atom stereocenters. The fourth-order valence-corrected chi connectivity index (χ4v) is 2.20. The number of benzene rings is 2. The highest BCUT2D eigenvalue weighted by molar-refractivity contribution is 5.80. The van der Waals surface area contributed by atoms with Crippen LogP contribution in [0.1, 0.15) is 11.1 Å². The van der Waals surface area contributed by atoms with Crippen molar-refractivity contribution in [3.05, 3.63) is 53.6 Å². The molecular formula is C15H15N3O. The number of rotatable bonds is 2. The Morgan fingerprint density at radius 3 is 2.84 bits per heavy atom. The first-order valence-corrected chi connectivity index (χ1v) is 6.17. The molecule has 4 nitrogen and oxygen atoms in total. The van der Waals surface area contributed by atoms with E-state index >= 15 is 0 Å². The molecule has 0 atom stereocenters. The Hall–Kier alpha value is -2.33. The molecule has 0 saturated heterocycles. The van der Waals surface area contributed by atoms with Gasteiger partial charge in [-0.05, 0) is 36.2 Å². The van der Waals surface area contributed by atoms with Gasteiger partial charge in [0.05, 0.1) is 5.52 Å². The maximum absolute atomic E-state index is 10.3. The molecule has 96 valence electrons. The van der Waals surface area contributed by atoms with Crippen LogP contribution in [0.3, 0.4) is 0 Å². The summed E-state index contributed by atoms with van der Waals surface area (Å²) >= 11 is 0. The van der Waals surface area contributed by atoms with Crippen LogP contribution in [-0.2, 0) is 6.54 Å². The predicted molar refractivity (Wildman–Crippen MR) is 75.0 cm³/mol. The quantitative estimate of drug-likeness (QED) is 0.690. The zero-order chi connectivity index (χ0) is 13.4. The molecule has 0 aliphatic heterocycles. The van der Waals surface area contributed by atoms with Crippen molar-refractivity contribution >= 4 is 11.0 Å². The SMILES string of the molecule is Cc1ccc2nc(-c3cccc(CN)c3)n(O)c2c1. The molecule has 0 aliphatic rings. The molecule has 2 aromatic carbocycles. The van der Waals surface area contributed by atoms with Gasteiger partial charge in [0, 0.05) is 12.1 Å². The van der Waals surface area contributed by atoms with Crippen LogP contribution in [0.15, 0.2) is 42.5 Å². The van der Waals surface area contributed by atoms with Crippen LogP contribution in [0, 0.1) is 6.92 Å². The van der Waals surface area contributed by atoms with Crippen LogP contribution in [0.5, 0.6) is 0 Å². The maximum Gasteiger partial charge on any atom is 0.176 e. The van der Waals surface area contributed by atoms with Crippen LogP contribution in [0.4, 0.5) is 0 Å². The summed E-state index contributed by atoms with van der Waals surface area (Å²) in [7, 11) is 0. The van der Waals surface area contributed by atoms with Gasteiger partial charge < -0.3 is 10.9 Å². The second-order valence-corrected chi connectivity index (χ2v) is 4.64. The monoisotopic (exact) mass is 253 g/mol. The Morgan fingerprint density at radius 1 is 1.21 bits per heavy atom. The lowest BCUT2D eigenvalue weighted by Crippen LogP contribution is -1.98. The van der Waals surface area contributed by atoms with Crippen molar-refractivity contribution in [2.45, 2.75) is 13.5 Å². The van der Waals surface area contributed by atoms with Gasteiger partial charge in [-0.25, -0.2) is 4.98 Å². The Bertz CT molecular complexity index is 746. The standard InChI is InChI=1S/C15H15N3O/c1-10-5-6-13-14(7-10)18(19)15(17-13)12-4-2-3-11(8-12)9-16/h2-8,19H,9,16H2,1H3. The summed E-state index contributed by atoms with van der Waals surface area (Å²) < 4.78 is 1.14. The third-order valence-electron chi connectivity index (χ3n) is 3.21. The number of aromatic nitrogens is 2. The van der Waals surface area contributed by atoms with E-state index in [4.69, 9.17) is 5.73 Å². The van der Waals surface area contributed by atoms with Crippen molar-refractivity contribution in [3.8, 4) is 11.4 Å². The largest absolute Gasteiger partial charge is 0.426 e. The van der Waals surface area contributed by atoms with E-state index in [1.165, 1.54) is 0 Å². The molecule has 0 amide bonds. The number of nitrogens with two attached hydrogens (primary N) is 1. The molecule has 19 heavy (non-hydrogen) atoms. The average molecular weight is 253 g/mol. The zero-order valence-electron chi connectivity index (χ0n) is 10.7. The van der Waals surface area contributed by atoms with E-state index in [0.717, 1.165) is 26.9 Å². The van der Waals surface area contributed by atoms with Crippen molar-refractivity contribution in [2.75, 3.05) is 0 Å². The molecule has 0 saturated carbocycles. The topological polar surface area (TPSA) is 64.1 Å². The summed E-state index contributed by atoms with van der Waals surface area (Å²) in [6, 6.07) is 13.5. The number of hydrogen-bond acceptors (Lipinski definition) is 3. The number of fused-ring (bicyclic) bond motifs is 1.